The molecule has 0 fully saturated rings. The molecule has 2 heterocycles. The van der Waals surface area contributed by atoms with Crippen LogP contribution in [0.5, 0.6) is 0 Å². The van der Waals surface area contributed by atoms with E-state index in [9.17, 15) is 0 Å². The van der Waals surface area contributed by atoms with Crippen molar-refractivity contribution < 1.29 is 4.52 Å². The van der Waals surface area contributed by atoms with Crippen LogP contribution in [0.4, 0.5) is 0 Å². The number of thiophene rings is 1. The molecule has 3 rings (SSSR count). The van der Waals surface area contributed by atoms with Crippen LogP contribution in [-0.4, -0.2) is 10.1 Å². The summed E-state index contributed by atoms with van der Waals surface area (Å²) in [7, 11) is 0. The van der Waals surface area contributed by atoms with E-state index in [2.05, 4.69) is 16.2 Å². The Kier molecular flexibility index (Phi) is 2.63. The molecular weight excluding hydrogens is 246 g/mol. The summed E-state index contributed by atoms with van der Waals surface area (Å²) in [6.45, 7) is 0. The van der Waals surface area contributed by atoms with Gasteiger partial charge < -0.3 is 4.52 Å². The fraction of sp³-hybridized carbons (Fsp3) is 0. The van der Waals surface area contributed by atoms with E-state index in [1.807, 2.05) is 36.4 Å². The maximum absolute atomic E-state index is 8.77. The third-order valence-electron chi connectivity index (χ3n) is 2.38. The maximum Gasteiger partial charge on any atom is 0.268 e. The number of aromatic nitrogens is 2. The third-order valence-corrected chi connectivity index (χ3v) is 3.36. The lowest BCUT2D eigenvalue weighted by atomic mass is 10.2. The number of hydrogen-bond donors (Lipinski definition) is 0. The molecule has 3 aromatic rings. The van der Waals surface area contributed by atoms with Crippen molar-refractivity contribution in [2.24, 2.45) is 0 Å². The molecule has 0 aliphatic rings. The molecule has 0 aliphatic heterocycles. The minimum absolute atomic E-state index is 0.445. The van der Waals surface area contributed by atoms with Crippen LogP contribution in [-0.2, 0) is 0 Å². The molecule has 0 aliphatic carbocycles. The van der Waals surface area contributed by atoms with Gasteiger partial charge in [-0.15, -0.1) is 11.3 Å². The number of benzene rings is 1. The van der Waals surface area contributed by atoms with Crippen LogP contribution in [0.15, 0.2) is 47.0 Å². The molecule has 1 aromatic carbocycles. The minimum Gasteiger partial charge on any atom is -0.333 e. The molecule has 0 unspecified atom stereocenters. The first-order valence-electron chi connectivity index (χ1n) is 5.26. The zero-order chi connectivity index (χ0) is 12.4. The number of hydrogen-bond acceptors (Lipinski definition) is 5. The molecule has 4 nitrogen and oxygen atoms in total. The summed E-state index contributed by atoms with van der Waals surface area (Å²) >= 11 is 1.34. The molecule has 2 aromatic heterocycles. The Morgan fingerprint density at radius 2 is 1.94 bits per heavy atom. The van der Waals surface area contributed by atoms with Crippen molar-refractivity contribution in [3.8, 4) is 28.2 Å². The van der Waals surface area contributed by atoms with Gasteiger partial charge in [-0.05, 0) is 12.1 Å². The maximum atomic E-state index is 8.77. The van der Waals surface area contributed by atoms with Gasteiger partial charge in [0.15, 0.2) is 0 Å². The lowest BCUT2D eigenvalue weighted by molar-refractivity contribution is 0.433. The van der Waals surface area contributed by atoms with Gasteiger partial charge in [0.1, 0.15) is 10.9 Å². The first-order chi connectivity index (χ1) is 8.86. The summed E-state index contributed by atoms with van der Waals surface area (Å²) in [4.78, 5) is 5.76. The molecule has 0 bridgehead atoms. The largest absolute Gasteiger partial charge is 0.333 e. The SMILES string of the molecule is N#Cc1ccc(-c2nc(-c3ccccc3)no2)s1. The van der Waals surface area contributed by atoms with Crippen molar-refractivity contribution in [3.05, 3.63) is 47.3 Å². The van der Waals surface area contributed by atoms with Crippen LogP contribution >= 0.6 is 11.3 Å². The van der Waals surface area contributed by atoms with Crippen molar-refractivity contribution in [1.29, 1.82) is 5.26 Å². The summed E-state index contributed by atoms with van der Waals surface area (Å²) in [5.41, 5.74) is 0.907. The van der Waals surface area contributed by atoms with Crippen LogP contribution in [0, 0.1) is 11.3 Å². The zero-order valence-electron chi connectivity index (χ0n) is 9.20. The van der Waals surface area contributed by atoms with E-state index >= 15 is 0 Å². The molecule has 0 radical (unpaired) electrons. The summed E-state index contributed by atoms with van der Waals surface area (Å²) in [6, 6.07) is 15.3. The molecule has 5 heteroatoms. The van der Waals surface area contributed by atoms with Crippen molar-refractivity contribution in [3.63, 3.8) is 0 Å². The first kappa shape index (κ1) is 10.7. The Bertz CT molecular complexity index is 709. The summed E-state index contributed by atoms with van der Waals surface area (Å²) < 4.78 is 5.20. The van der Waals surface area contributed by atoms with Gasteiger partial charge in [0.25, 0.3) is 5.89 Å². The van der Waals surface area contributed by atoms with Crippen LogP contribution in [0.1, 0.15) is 4.88 Å². The minimum atomic E-state index is 0.445. The Balaban J connectivity index is 1.97. The second-order valence-corrected chi connectivity index (χ2v) is 4.65. The quantitative estimate of drug-likeness (QED) is 0.702. The van der Waals surface area contributed by atoms with Gasteiger partial charge in [0.2, 0.25) is 5.82 Å². The van der Waals surface area contributed by atoms with E-state index in [4.69, 9.17) is 9.78 Å². The molecule has 0 saturated heterocycles. The highest BCUT2D eigenvalue weighted by molar-refractivity contribution is 7.15. The van der Waals surface area contributed by atoms with Crippen molar-refractivity contribution >= 4 is 11.3 Å². The van der Waals surface area contributed by atoms with E-state index in [0.717, 1.165) is 10.4 Å². The highest BCUT2D eigenvalue weighted by Crippen LogP contribution is 2.28. The second-order valence-electron chi connectivity index (χ2n) is 3.56. The molecule has 0 atom stereocenters. The Morgan fingerprint density at radius 3 is 2.67 bits per heavy atom. The van der Waals surface area contributed by atoms with Gasteiger partial charge in [0, 0.05) is 5.56 Å². The van der Waals surface area contributed by atoms with E-state index < -0.39 is 0 Å². The van der Waals surface area contributed by atoms with Crippen molar-refractivity contribution in [1.82, 2.24) is 10.1 Å². The molecule has 86 valence electrons. The van der Waals surface area contributed by atoms with Crippen molar-refractivity contribution in [2.75, 3.05) is 0 Å². The zero-order valence-corrected chi connectivity index (χ0v) is 10.0. The average molecular weight is 253 g/mol. The van der Waals surface area contributed by atoms with Crippen LogP contribution in [0.3, 0.4) is 0 Å². The Labute approximate surface area is 107 Å². The molecule has 0 saturated carbocycles. The first-order valence-corrected chi connectivity index (χ1v) is 6.08. The van der Waals surface area contributed by atoms with Gasteiger partial charge in [-0.1, -0.05) is 35.5 Å². The highest BCUT2D eigenvalue weighted by Gasteiger charge is 2.12. The van der Waals surface area contributed by atoms with Gasteiger partial charge in [-0.3, -0.25) is 0 Å². The van der Waals surface area contributed by atoms with E-state index in [1.54, 1.807) is 6.07 Å². The summed E-state index contributed by atoms with van der Waals surface area (Å²) in [5.74, 6) is 0.998. The van der Waals surface area contributed by atoms with Crippen LogP contribution in [0.25, 0.3) is 22.2 Å². The molecule has 0 amide bonds. The average Bonchev–Trinajstić information content (AvgIpc) is 3.08. The lowest BCUT2D eigenvalue weighted by Gasteiger charge is -1.90. The van der Waals surface area contributed by atoms with E-state index in [1.165, 1.54) is 11.3 Å². The van der Waals surface area contributed by atoms with Crippen LogP contribution in [0.2, 0.25) is 0 Å². The Morgan fingerprint density at radius 1 is 1.11 bits per heavy atom. The smallest absolute Gasteiger partial charge is 0.268 e. The van der Waals surface area contributed by atoms with Gasteiger partial charge in [-0.2, -0.15) is 10.2 Å². The number of nitriles is 1. The predicted octanol–water partition coefficient (Wildman–Crippen LogP) is 3.34. The Hall–Kier alpha value is -2.45. The van der Waals surface area contributed by atoms with Gasteiger partial charge in [-0.25, -0.2) is 0 Å². The third kappa shape index (κ3) is 1.90. The number of nitrogens with zero attached hydrogens (tertiary/aromatic N) is 3. The number of rotatable bonds is 2. The molecular formula is C13H7N3OS. The lowest BCUT2D eigenvalue weighted by Crippen LogP contribution is -1.78. The molecule has 18 heavy (non-hydrogen) atoms. The summed E-state index contributed by atoms with van der Waals surface area (Å²) in [6.07, 6.45) is 0. The fourth-order valence-corrected chi connectivity index (χ4v) is 2.27. The fourth-order valence-electron chi connectivity index (χ4n) is 1.54. The topological polar surface area (TPSA) is 62.7 Å². The monoisotopic (exact) mass is 253 g/mol. The second kappa shape index (κ2) is 4.43. The highest BCUT2D eigenvalue weighted by atomic mass is 32.1. The standard InChI is InChI=1S/C13H7N3OS/c14-8-10-6-7-11(18-10)13-15-12(16-17-13)9-4-2-1-3-5-9/h1-7H. The normalized spacial score (nSPS) is 10.2. The van der Waals surface area contributed by atoms with Gasteiger partial charge >= 0.3 is 0 Å². The molecule has 0 spiro atoms. The predicted molar refractivity (Wildman–Crippen MR) is 67.8 cm³/mol. The van der Waals surface area contributed by atoms with Gasteiger partial charge in [0.05, 0.1) is 4.88 Å². The van der Waals surface area contributed by atoms with Crippen LogP contribution < -0.4 is 0 Å². The van der Waals surface area contributed by atoms with E-state index in [0.29, 0.717) is 16.6 Å². The summed E-state index contributed by atoms with van der Waals surface area (Å²) in [5, 5.41) is 12.7. The van der Waals surface area contributed by atoms with E-state index in [-0.39, 0.29) is 0 Å². The van der Waals surface area contributed by atoms with Crippen molar-refractivity contribution in [2.45, 2.75) is 0 Å². The molecule has 0 N–H and O–H groups in total.